The number of pyridine rings is 1. The van der Waals surface area contributed by atoms with Gasteiger partial charge in [-0.15, -0.1) is 0 Å². The molecular weight excluding hydrogens is 202 g/mol. The molecule has 16 heavy (non-hydrogen) atoms. The largest absolute Gasteiger partial charge is 0.355 e. The molecule has 0 aliphatic rings. The first-order valence-electron chi connectivity index (χ1n) is 5.43. The van der Waals surface area contributed by atoms with Gasteiger partial charge in [0, 0.05) is 25.5 Å². The van der Waals surface area contributed by atoms with E-state index < -0.39 is 5.41 Å². The zero-order valence-corrected chi connectivity index (χ0v) is 9.86. The standard InChI is InChI=1S/C12H19N3O/c1-12(2,9-13)11(16)15-7-5-10-4-3-6-14-8-10/h3-4,6,8H,5,7,9,13H2,1-2H3,(H,15,16). The number of nitrogens with one attached hydrogen (secondary N) is 1. The predicted octanol–water partition coefficient (Wildman–Crippen LogP) is 0.725. The minimum atomic E-state index is -0.491. The summed E-state index contributed by atoms with van der Waals surface area (Å²) in [6.45, 7) is 4.65. The zero-order chi connectivity index (χ0) is 12.0. The molecule has 0 aliphatic carbocycles. The van der Waals surface area contributed by atoms with Crippen molar-refractivity contribution in [3.63, 3.8) is 0 Å². The van der Waals surface area contributed by atoms with Crippen LogP contribution < -0.4 is 11.1 Å². The first kappa shape index (κ1) is 12.6. The van der Waals surface area contributed by atoms with E-state index >= 15 is 0 Å². The monoisotopic (exact) mass is 221 g/mol. The molecule has 88 valence electrons. The molecule has 0 aromatic carbocycles. The van der Waals surface area contributed by atoms with E-state index in [0.717, 1.165) is 12.0 Å². The van der Waals surface area contributed by atoms with Crippen molar-refractivity contribution in [1.82, 2.24) is 10.3 Å². The summed E-state index contributed by atoms with van der Waals surface area (Å²) in [6.07, 6.45) is 4.33. The minimum absolute atomic E-state index is 0.00103. The van der Waals surface area contributed by atoms with Gasteiger partial charge in [0.1, 0.15) is 0 Å². The lowest BCUT2D eigenvalue weighted by Crippen LogP contribution is -2.42. The molecule has 0 saturated carbocycles. The Balaban J connectivity index is 2.34. The maximum Gasteiger partial charge on any atom is 0.226 e. The number of rotatable bonds is 5. The van der Waals surface area contributed by atoms with Gasteiger partial charge in [-0.1, -0.05) is 6.07 Å². The molecule has 3 N–H and O–H groups in total. The van der Waals surface area contributed by atoms with Gasteiger partial charge in [-0.05, 0) is 31.9 Å². The number of hydrogen-bond acceptors (Lipinski definition) is 3. The molecule has 1 heterocycles. The maximum absolute atomic E-state index is 11.7. The molecule has 1 amide bonds. The van der Waals surface area contributed by atoms with E-state index in [0.29, 0.717) is 13.1 Å². The summed E-state index contributed by atoms with van der Waals surface area (Å²) in [5.74, 6) is -0.00103. The normalized spacial score (nSPS) is 11.2. The summed E-state index contributed by atoms with van der Waals surface area (Å²) >= 11 is 0. The molecule has 0 fully saturated rings. The number of nitrogens with two attached hydrogens (primary N) is 1. The summed E-state index contributed by atoms with van der Waals surface area (Å²) < 4.78 is 0. The summed E-state index contributed by atoms with van der Waals surface area (Å²) in [5, 5.41) is 2.88. The number of aromatic nitrogens is 1. The fraction of sp³-hybridized carbons (Fsp3) is 0.500. The smallest absolute Gasteiger partial charge is 0.226 e. The average molecular weight is 221 g/mol. The highest BCUT2D eigenvalue weighted by Gasteiger charge is 2.24. The third kappa shape index (κ3) is 3.62. The summed E-state index contributed by atoms with van der Waals surface area (Å²) in [5.41, 5.74) is 6.15. The zero-order valence-electron chi connectivity index (χ0n) is 9.86. The third-order valence-corrected chi connectivity index (χ3v) is 2.55. The van der Waals surface area contributed by atoms with Crippen molar-refractivity contribution >= 4 is 5.91 Å². The molecule has 1 aromatic rings. The number of nitrogens with zero attached hydrogens (tertiary/aromatic N) is 1. The van der Waals surface area contributed by atoms with Crippen LogP contribution in [0.15, 0.2) is 24.5 Å². The van der Waals surface area contributed by atoms with Crippen LogP contribution in [0.5, 0.6) is 0 Å². The molecular formula is C12H19N3O. The predicted molar refractivity (Wildman–Crippen MR) is 63.8 cm³/mol. The highest BCUT2D eigenvalue weighted by atomic mass is 16.2. The Kier molecular flexibility index (Phi) is 4.43. The van der Waals surface area contributed by atoms with Crippen LogP contribution in [0.25, 0.3) is 0 Å². The van der Waals surface area contributed by atoms with Gasteiger partial charge in [-0.25, -0.2) is 0 Å². The Hall–Kier alpha value is -1.42. The van der Waals surface area contributed by atoms with Gasteiger partial charge >= 0.3 is 0 Å². The van der Waals surface area contributed by atoms with Crippen molar-refractivity contribution in [3.05, 3.63) is 30.1 Å². The lowest BCUT2D eigenvalue weighted by molar-refractivity contribution is -0.128. The topological polar surface area (TPSA) is 68.0 Å². The van der Waals surface area contributed by atoms with Crippen LogP contribution >= 0.6 is 0 Å². The van der Waals surface area contributed by atoms with Crippen molar-refractivity contribution < 1.29 is 4.79 Å². The van der Waals surface area contributed by atoms with E-state index in [1.54, 1.807) is 12.4 Å². The molecule has 0 atom stereocenters. The van der Waals surface area contributed by atoms with Crippen LogP contribution in [0.3, 0.4) is 0 Å². The van der Waals surface area contributed by atoms with Crippen LogP contribution in [0.2, 0.25) is 0 Å². The van der Waals surface area contributed by atoms with Crippen LogP contribution in [-0.2, 0) is 11.2 Å². The van der Waals surface area contributed by atoms with Gasteiger partial charge in [-0.2, -0.15) is 0 Å². The Morgan fingerprint density at radius 1 is 1.56 bits per heavy atom. The van der Waals surface area contributed by atoms with Crippen LogP contribution in [0.4, 0.5) is 0 Å². The van der Waals surface area contributed by atoms with E-state index in [1.807, 2.05) is 26.0 Å². The summed E-state index contributed by atoms with van der Waals surface area (Å²) in [6, 6.07) is 3.88. The molecule has 0 saturated heterocycles. The molecule has 0 radical (unpaired) electrons. The maximum atomic E-state index is 11.7. The Morgan fingerprint density at radius 3 is 2.88 bits per heavy atom. The fourth-order valence-corrected chi connectivity index (χ4v) is 1.20. The van der Waals surface area contributed by atoms with Gasteiger partial charge < -0.3 is 11.1 Å². The Labute approximate surface area is 96.3 Å². The number of amides is 1. The van der Waals surface area contributed by atoms with E-state index in [9.17, 15) is 4.79 Å². The molecule has 0 bridgehead atoms. The number of carbonyl (C=O) groups is 1. The lowest BCUT2D eigenvalue weighted by atomic mass is 9.93. The Bertz CT molecular complexity index is 335. The van der Waals surface area contributed by atoms with Crippen LogP contribution in [0.1, 0.15) is 19.4 Å². The van der Waals surface area contributed by atoms with Crippen molar-refractivity contribution in [2.45, 2.75) is 20.3 Å². The second-order valence-corrected chi connectivity index (χ2v) is 4.46. The van der Waals surface area contributed by atoms with Gasteiger partial charge in [0.05, 0.1) is 5.41 Å². The van der Waals surface area contributed by atoms with Crippen molar-refractivity contribution in [2.75, 3.05) is 13.1 Å². The van der Waals surface area contributed by atoms with Crippen LogP contribution in [0, 0.1) is 5.41 Å². The van der Waals surface area contributed by atoms with Gasteiger partial charge in [0.15, 0.2) is 0 Å². The van der Waals surface area contributed by atoms with Crippen LogP contribution in [-0.4, -0.2) is 24.0 Å². The summed E-state index contributed by atoms with van der Waals surface area (Å²) in [7, 11) is 0. The summed E-state index contributed by atoms with van der Waals surface area (Å²) in [4.78, 5) is 15.7. The lowest BCUT2D eigenvalue weighted by Gasteiger charge is -2.21. The van der Waals surface area contributed by atoms with Gasteiger partial charge in [0.2, 0.25) is 5.91 Å². The third-order valence-electron chi connectivity index (χ3n) is 2.55. The first-order valence-corrected chi connectivity index (χ1v) is 5.43. The van der Waals surface area contributed by atoms with E-state index in [1.165, 1.54) is 0 Å². The van der Waals surface area contributed by atoms with Gasteiger partial charge in [-0.3, -0.25) is 9.78 Å². The van der Waals surface area contributed by atoms with Gasteiger partial charge in [0.25, 0.3) is 0 Å². The van der Waals surface area contributed by atoms with Crippen molar-refractivity contribution in [2.24, 2.45) is 11.1 Å². The molecule has 0 aliphatic heterocycles. The fourth-order valence-electron chi connectivity index (χ4n) is 1.20. The van der Waals surface area contributed by atoms with Crippen molar-refractivity contribution in [3.8, 4) is 0 Å². The number of hydrogen-bond donors (Lipinski definition) is 2. The molecule has 1 rings (SSSR count). The molecule has 0 unspecified atom stereocenters. The van der Waals surface area contributed by atoms with E-state index in [4.69, 9.17) is 5.73 Å². The minimum Gasteiger partial charge on any atom is -0.355 e. The highest BCUT2D eigenvalue weighted by molar-refractivity contribution is 5.81. The molecule has 1 aromatic heterocycles. The SMILES string of the molecule is CC(C)(CN)C(=O)NCCc1cccnc1. The first-order chi connectivity index (χ1) is 7.56. The van der Waals surface area contributed by atoms with Crippen molar-refractivity contribution in [1.29, 1.82) is 0 Å². The quantitative estimate of drug-likeness (QED) is 0.770. The van der Waals surface area contributed by atoms with E-state index in [-0.39, 0.29) is 5.91 Å². The molecule has 0 spiro atoms. The number of carbonyl (C=O) groups excluding carboxylic acids is 1. The second kappa shape index (κ2) is 5.61. The molecule has 4 nitrogen and oxygen atoms in total. The average Bonchev–Trinajstić information content (AvgIpc) is 2.30. The van der Waals surface area contributed by atoms with E-state index in [2.05, 4.69) is 10.3 Å². The Morgan fingerprint density at radius 2 is 2.31 bits per heavy atom. The molecule has 4 heteroatoms. The second-order valence-electron chi connectivity index (χ2n) is 4.46. The highest BCUT2D eigenvalue weighted by Crippen LogP contribution is 2.11.